The van der Waals surface area contributed by atoms with Gasteiger partial charge in [-0.15, -0.1) is 0 Å². The summed E-state index contributed by atoms with van der Waals surface area (Å²) in [5.74, 6) is 0.144. The van der Waals surface area contributed by atoms with Gasteiger partial charge in [0, 0.05) is 39.3 Å². The Bertz CT molecular complexity index is 388. The van der Waals surface area contributed by atoms with Gasteiger partial charge in [0.2, 0.25) is 0 Å². The standard InChI is InChI=1S/C15H21N3/c1-14(11-16)12-17-7-9-18(10-8-17)13-15-5-3-2-4-6-15/h2-6,14H,7-10,12-13H2,1H3. The fraction of sp³-hybridized carbons (Fsp3) is 0.533. The predicted octanol–water partition coefficient (Wildman–Crippen LogP) is 1.96. The molecule has 0 aliphatic carbocycles. The maximum Gasteiger partial charge on any atom is 0.0666 e. The average Bonchev–Trinajstić information content (AvgIpc) is 2.42. The summed E-state index contributed by atoms with van der Waals surface area (Å²) < 4.78 is 0. The fourth-order valence-electron chi connectivity index (χ4n) is 2.40. The largest absolute Gasteiger partial charge is 0.300 e. The quantitative estimate of drug-likeness (QED) is 0.810. The highest BCUT2D eigenvalue weighted by Gasteiger charge is 2.18. The van der Waals surface area contributed by atoms with E-state index in [2.05, 4.69) is 46.2 Å². The van der Waals surface area contributed by atoms with Crippen LogP contribution in [0.4, 0.5) is 0 Å². The van der Waals surface area contributed by atoms with E-state index in [1.165, 1.54) is 5.56 Å². The average molecular weight is 243 g/mol. The van der Waals surface area contributed by atoms with Crippen molar-refractivity contribution in [3.8, 4) is 6.07 Å². The van der Waals surface area contributed by atoms with Crippen molar-refractivity contribution in [3.63, 3.8) is 0 Å². The maximum absolute atomic E-state index is 8.83. The van der Waals surface area contributed by atoms with Crippen LogP contribution in [0.2, 0.25) is 0 Å². The van der Waals surface area contributed by atoms with Crippen LogP contribution in [0.5, 0.6) is 0 Å². The minimum atomic E-state index is 0.144. The molecule has 3 heteroatoms. The molecule has 0 bridgehead atoms. The van der Waals surface area contributed by atoms with Crippen molar-refractivity contribution in [2.45, 2.75) is 13.5 Å². The summed E-state index contributed by atoms with van der Waals surface area (Å²) in [6.07, 6.45) is 0. The van der Waals surface area contributed by atoms with E-state index in [1.807, 2.05) is 6.92 Å². The van der Waals surface area contributed by atoms with E-state index in [4.69, 9.17) is 5.26 Å². The lowest BCUT2D eigenvalue weighted by molar-refractivity contribution is 0.121. The van der Waals surface area contributed by atoms with E-state index < -0.39 is 0 Å². The number of rotatable bonds is 4. The summed E-state index contributed by atoms with van der Waals surface area (Å²) in [6.45, 7) is 8.33. The summed E-state index contributed by atoms with van der Waals surface area (Å²) in [5, 5.41) is 8.83. The van der Waals surface area contributed by atoms with Gasteiger partial charge < -0.3 is 0 Å². The zero-order valence-corrected chi connectivity index (χ0v) is 11.0. The molecule has 0 N–H and O–H groups in total. The third-order valence-corrected chi connectivity index (χ3v) is 3.47. The van der Waals surface area contributed by atoms with Crippen molar-refractivity contribution >= 4 is 0 Å². The molecule has 18 heavy (non-hydrogen) atoms. The SMILES string of the molecule is CC(C#N)CN1CCN(Cc2ccccc2)CC1. The molecule has 1 heterocycles. The maximum atomic E-state index is 8.83. The zero-order valence-electron chi connectivity index (χ0n) is 11.0. The molecule has 1 fully saturated rings. The molecule has 1 aromatic carbocycles. The van der Waals surface area contributed by atoms with Gasteiger partial charge in [-0.2, -0.15) is 5.26 Å². The first-order valence-corrected chi connectivity index (χ1v) is 6.66. The molecular weight excluding hydrogens is 222 g/mol. The Hall–Kier alpha value is -1.37. The van der Waals surface area contributed by atoms with Crippen LogP contribution in [0.25, 0.3) is 0 Å². The molecule has 0 amide bonds. The second kappa shape index (κ2) is 6.53. The smallest absolute Gasteiger partial charge is 0.0666 e. The number of hydrogen-bond acceptors (Lipinski definition) is 3. The summed E-state index contributed by atoms with van der Waals surface area (Å²) in [7, 11) is 0. The molecule has 3 nitrogen and oxygen atoms in total. The third kappa shape index (κ3) is 3.83. The highest BCUT2D eigenvalue weighted by molar-refractivity contribution is 5.14. The molecule has 2 rings (SSSR count). The Morgan fingerprint density at radius 3 is 2.33 bits per heavy atom. The topological polar surface area (TPSA) is 30.3 Å². The van der Waals surface area contributed by atoms with Gasteiger partial charge in [-0.1, -0.05) is 30.3 Å². The minimum absolute atomic E-state index is 0.144. The van der Waals surface area contributed by atoms with E-state index >= 15 is 0 Å². The summed E-state index contributed by atoms with van der Waals surface area (Å²) >= 11 is 0. The first-order chi connectivity index (χ1) is 8.78. The van der Waals surface area contributed by atoms with Crippen LogP contribution in [-0.2, 0) is 6.54 Å². The number of benzene rings is 1. The molecular formula is C15H21N3. The van der Waals surface area contributed by atoms with E-state index in [1.54, 1.807) is 0 Å². The Morgan fingerprint density at radius 2 is 1.72 bits per heavy atom. The molecule has 0 radical (unpaired) electrons. The number of nitriles is 1. The molecule has 1 aromatic rings. The number of piperazine rings is 1. The molecule has 1 unspecified atom stereocenters. The number of hydrogen-bond donors (Lipinski definition) is 0. The zero-order chi connectivity index (χ0) is 12.8. The van der Waals surface area contributed by atoms with Crippen LogP contribution in [0, 0.1) is 17.2 Å². The Kier molecular flexibility index (Phi) is 4.74. The first kappa shape index (κ1) is 13.1. The molecule has 96 valence electrons. The van der Waals surface area contributed by atoms with Gasteiger partial charge in [-0.25, -0.2) is 0 Å². The minimum Gasteiger partial charge on any atom is -0.300 e. The van der Waals surface area contributed by atoms with E-state index in [0.29, 0.717) is 0 Å². The molecule has 1 saturated heterocycles. The van der Waals surface area contributed by atoms with E-state index in [-0.39, 0.29) is 5.92 Å². The van der Waals surface area contributed by atoms with Crippen LogP contribution in [0.15, 0.2) is 30.3 Å². The fourth-order valence-corrected chi connectivity index (χ4v) is 2.40. The summed E-state index contributed by atoms with van der Waals surface area (Å²) in [5.41, 5.74) is 1.39. The van der Waals surface area contributed by atoms with Crippen molar-refractivity contribution in [1.82, 2.24) is 9.80 Å². The highest BCUT2D eigenvalue weighted by Crippen LogP contribution is 2.09. The first-order valence-electron chi connectivity index (χ1n) is 6.66. The van der Waals surface area contributed by atoms with Gasteiger partial charge >= 0.3 is 0 Å². The molecule has 0 aromatic heterocycles. The summed E-state index contributed by atoms with van der Waals surface area (Å²) in [4.78, 5) is 4.89. The highest BCUT2D eigenvalue weighted by atomic mass is 15.3. The normalized spacial score (nSPS) is 19.3. The number of nitrogens with zero attached hydrogens (tertiary/aromatic N) is 3. The van der Waals surface area contributed by atoms with Crippen LogP contribution in [-0.4, -0.2) is 42.5 Å². The van der Waals surface area contributed by atoms with Gasteiger partial charge in [0.1, 0.15) is 0 Å². The van der Waals surface area contributed by atoms with E-state index in [9.17, 15) is 0 Å². The van der Waals surface area contributed by atoms with Gasteiger partial charge in [0.25, 0.3) is 0 Å². The Morgan fingerprint density at radius 1 is 1.11 bits per heavy atom. The third-order valence-electron chi connectivity index (χ3n) is 3.47. The van der Waals surface area contributed by atoms with Crippen LogP contribution in [0.1, 0.15) is 12.5 Å². The second-order valence-electron chi connectivity index (χ2n) is 5.09. The van der Waals surface area contributed by atoms with Gasteiger partial charge in [0.05, 0.1) is 12.0 Å². The van der Waals surface area contributed by atoms with E-state index in [0.717, 1.165) is 39.3 Å². The Balaban J connectivity index is 1.75. The van der Waals surface area contributed by atoms with Crippen molar-refractivity contribution in [2.24, 2.45) is 5.92 Å². The molecule has 1 aliphatic rings. The van der Waals surface area contributed by atoms with Crippen LogP contribution >= 0.6 is 0 Å². The Labute approximate surface area is 110 Å². The van der Waals surface area contributed by atoms with Crippen molar-refractivity contribution < 1.29 is 0 Å². The lowest BCUT2D eigenvalue weighted by Crippen LogP contribution is -2.46. The molecule has 0 saturated carbocycles. The van der Waals surface area contributed by atoms with Gasteiger partial charge in [0.15, 0.2) is 0 Å². The summed E-state index contributed by atoms with van der Waals surface area (Å²) in [6, 6.07) is 12.9. The molecule has 0 spiro atoms. The second-order valence-corrected chi connectivity index (χ2v) is 5.09. The van der Waals surface area contributed by atoms with Crippen LogP contribution < -0.4 is 0 Å². The molecule has 1 atom stereocenters. The predicted molar refractivity (Wildman–Crippen MR) is 72.9 cm³/mol. The van der Waals surface area contributed by atoms with Gasteiger partial charge in [-0.05, 0) is 12.5 Å². The van der Waals surface area contributed by atoms with Crippen LogP contribution in [0.3, 0.4) is 0 Å². The molecule has 1 aliphatic heterocycles. The lowest BCUT2D eigenvalue weighted by Gasteiger charge is -2.35. The lowest BCUT2D eigenvalue weighted by atomic mass is 10.1. The van der Waals surface area contributed by atoms with Gasteiger partial charge in [-0.3, -0.25) is 9.80 Å². The van der Waals surface area contributed by atoms with Crippen molar-refractivity contribution in [2.75, 3.05) is 32.7 Å². The van der Waals surface area contributed by atoms with Crippen molar-refractivity contribution in [1.29, 1.82) is 5.26 Å². The van der Waals surface area contributed by atoms with Crippen molar-refractivity contribution in [3.05, 3.63) is 35.9 Å². The monoisotopic (exact) mass is 243 g/mol.